The van der Waals surface area contributed by atoms with E-state index in [2.05, 4.69) is 10.3 Å². The lowest BCUT2D eigenvalue weighted by atomic mass is 10.2. The van der Waals surface area contributed by atoms with Crippen LogP contribution in [0.2, 0.25) is 4.34 Å². The minimum atomic E-state index is 0.243. The third kappa shape index (κ3) is 3.70. The fraction of sp³-hybridized carbons (Fsp3) is 0.308. The van der Waals surface area contributed by atoms with Crippen molar-refractivity contribution in [1.82, 2.24) is 10.3 Å². The highest BCUT2D eigenvalue weighted by atomic mass is 35.5. The quantitative estimate of drug-likeness (QED) is 0.828. The van der Waals surface area contributed by atoms with Crippen LogP contribution in [0.25, 0.3) is 0 Å². The summed E-state index contributed by atoms with van der Waals surface area (Å²) in [5.41, 5.74) is 1.61. The van der Waals surface area contributed by atoms with Crippen molar-refractivity contribution >= 4 is 22.9 Å². The topological polar surface area (TPSA) is 45.1 Å². The highest BCUT2D eigenvalue weighted by Gasteiger charge is 2.03. The number of rotatable bonds is 5. The molecule has 2 aromatic heterocycles. The molecule has 18 heavy (non-hydrogen) atoms. The van der Waals surface area contributed by atoms with Crippen LogP contribution in [0.15, 0.2) is 24.3 Å². The Bertz CT molecular complexity index is 527. The van der Waals surface area contributed by atoms with Gasteiger partial charge >= 0.3 is 0 Å². The zero-order valence-electron chi connectivity index (χ0n) is 10.1. The number of pyridine rings is 1. The van der Waals surface area contributed by atoms with Crippen LogP contribution in [0.4, 0.5) is 0 Å². The van der Waals surface area contributed by atoms with Crippen LogP contribution >= 0.6 is 22.9 Å². The molecule has 96 valence electrons. The van der Waals surface area contributed by atoms with Crippen molar-refractivity contribution < 1.29 is 5.11 Å². The van der Waals surface area contributed by atoms with E-state index in [1.165, 1.54) is 4.88 Å². The number of nitrogens with one attached hydrogen (secondary N) is 1. The molecule has 0 aliphatic rings. The summed E-state index contributed by atoms with van der Waals surface area (Å²) in [6.45, 7) is 3.33. The molecule has 0 fully saturated rings. The number of aromatic hydroxyl groups is 1. The minimum absolute atomic E-state index is 0.243. The predicted octanol–water partition coefficient (Wildman–Crippen LogP) is 3.14. The van der Waals surface area contributed by atoms with Crippen molar-refractivity contribution in [2.24, 2.45) is 0 Å². The molecule has 2 aromatic rings. The van der Waals surface area contributed by atoms with E-state index in [-0.39, 0.29) is 5.75 Å². The van der Waals surface area contributed by atoms with E-state index in [0.717, 1.165) is 23.0 Å². The van der Waals surface area contributed by atoms with E-state index in [0.29, 0.717) is 12.2 Å². The van der Waals surface area contributed by atoms with E-state index in [9.17, 15) is 5.11 Å². The summed E-state index contributed by atoms with van der Waals surface area (Å²) in [6.07, 6.45) is 0.934. The van der Waals surface area contributed by atoms with Gasteiger partial charge in [-0.25, -0.2) is 0 Å². The lowest BCUT2D eigenvalue weighted by molar-refractivity contribution is 0.459. The van der Waals surface area contributed by atoms with Crippen LogP contribution in [0.3, 0.4) is 0 Å². The highest BCUT2D eigenvalue weighted by Crippen LogP contribution is 2.21. The fourth-order valence-corrected chi connectivity index (χ4v) is 2.72. The zero-order chi connectivity index (χ0) is 13.0. The molecule has 0 amide bonds. The first kappa shape index (κ1) is 13.3. The first-order valence-corrected chi connectivity index (χ1v) is 6.95. The summed E-state index contributed by atoms with van der Waals surface area (Å²) in [5.74, 6) is 0.243. The summed E-state index contributed by atoms with van der Waals surface area (Å²) in [6, 6.07) is 7.43. The maximum absolute atomic E-state index is 9.64. The summed E-state index contributed by atoms with van der Waals surface area (Å²) in [4.78, 5) is 5.55. The summed E-state index contributed by atoms with van der Waals surface area (Å²) in [7, 11) is 0. The van der Waals surface area contributed by atoms with Crippen LogP contribution in [0.1, 0.15) is 16.3 Å². The number of aryl methyl sites for hydroxylation is 1. The van der Waals surface area contributed by atoms with Crippen LogP contribution in [0, 0.1) is 6.92 Å². The van der Waals surface area contributed by atoms with E-state index in [1.54, 1.807) is 23.5 Å². The van der Waals surface area contributed by atoms with E-state index >= 15 is 0 Å². The summed E-state index contributed by atoms with van der Waals surface area (Å²) >= 11 is 7.46. The molecule has 0 aliphatic heterocycles. The van der Waals surface area contributed by atoms with Crippen LogP contribution < -0.4 is 5.32 Å². The van der Waals surface area contributed by atoms with Crippen LogP contribution in [-0.4, -0.2) is 16.6 Å². The van der Waals surface area contributed by atoms with Gasteiger partial charge in [-0.15, -0.1) is 11.3 Å². The Hall–Kier alpha value is -1.10. The van der Waals surface area contributed by atoms with Crippen molar-refractivity contribution in [2.45, 2.75) is 19.9 Å². The minimum Gasteiger partial charge on any atom is -0.506 e. The second kappa shape index (κ2) is 6.18. The van der Waals surface area contributed by atoms with Crippen LogP contribution in [0.5, 0.6) is 5.75 Å². The van der Waals surface area contributed by atoms with Gasteiger partial charge in [0.2, 0.25) is 0 Å². The molecular formula is C13H15ClN2OS. The Balaban J connectivity index is 1.80. The first-order chi connectivity index (χ1) is 8.65. The number of nitrogens with zero attached hydrogens (tertiary/aromatic N) is 1. The fourth-order valence-electron chi connectivity index (χ4n) is 1.64. The normalized spacial score (nSPS) is 10.8. The molecule has 0 aromatic carbocycles. The van der Waals surface area contributed by atoms with Crippen LogP contribution in [-0.2, 0) is 13.0 Å². The average Bonchev–Trinajstić information content (AvgIpc) is 2.75. The van der Waals surface area contributed by atoms with Crippen molar-refractivity contribution in [2.75, 3.05) is 6.54 Å². The number of hydrogen-bond acceptors (Lipinski definition) is 4. The lowest BCUT2D eigenvalue weighted by Gasteiger charge is -2.06. The standard InChI is InChI=1S/C13H15ClN2OS/c1-9-2-4-12(17)11(16-9)8-15-7-6-10-3-5-13(14)18-10/h2-5,15,17H,6-8H2,1H3. The Morgan fingerprint density at radius 1 is 1.33 bits per heavy atom. The summed E-state index contributed by atoms with van der Waals surface area (Å²) < 4.78 is 0.822. The van der Waals surface area contributed by atoms with Gasteiger partial charge in [-0.1, -0.05) is 11.6 Å². The first-order valence-electron chi connectivity index (χ1n) is 5.75. The van der Waals surface area contributed by atoms with Gasteiger partial charge in [-0.05, 0) is 37.6 Å². The second-order valence-corrected chi connectivity index (χ2v) is 5.85. The third-order valence-corrected chi connectivity index (χ3v) is 3.85. The molecule has 0 bridgehead atoms. The largest absolute Gasteiger partial charge is 0.506 e. The van der Waals surface area contributed by atoms with Gasteiger partial charge in [-0.3, -0.25) is 4.98 Å². The Morgan fingerprint density at radius 3 is 2.89 bits per heavy atom. The van der Waals surface area contributed by atoms with Gasteiger partial charge in [0, 0.05) is 23.7 Å². The Labute approximate surface area is 115 Å². The van der Waals surface area contributed by atoms with Gasteiger partial charge in [0.1, 0.15) is 5.75 Å². The van der Waals surface area contributed by atoms with Gasteiger partial charge in [-0.2, -0.15) is 0 Å². The number of hydrogen-bond donors (Lipinski definition) is 2. The molecule has 3 nitrogen and oxygen atoms in total. The van der Waals surface area contributed by atoms with Gasteiger partial charge in [0.25, 0.3) is 0 Å². The Morgan fingerprint density at radius 2 is 2.17 bits per heavy atom. The average molecular weight is 283 g/mol. The monoisotopic (exact) mass is 282 g/mol. The van der Waals surface area contributed by atoms with Gasteiger partial charge in [0.15, 0.2) is 0 Å². The molecule has 0 unspecified atom stereocenters. The van der Waals surface area contributed by atoms with Crippen molar-refractivity contribution in [3.8, 4) is 5.75 Å². The number of halogens is 1. The van der Waals surface area contributed by atoms with E-state index in [1.807, 2.05) is 19.1 Å². The number of aromatic nitrogens is 1. The molecule has 5 heteroatoms. The van der Waals surface area contributed by atoms with E-state index < -0.39 is 0 Å². The molecule has 0 radical (unpaired) electrons. The predicted molar refractivity (Wildman–Crippen MR) is 75.4 cm³/mol. The summed E-state index contributed by atoms with van der Waals surface area (Å²) in [5, 5.41) is 12.9. The van der Waals surface area contributed by atoms with Gasteiger partial charge < -0.3 is 10.4 Å². The van der Waals surface area contributed by atoms with Gasteiger partial charge in [0.05, 0.1) is 10.0 Å². The maximum Gasteiger partial charge on any atom is 0.138 e. The molecule has 0 atom stereocenters. The number of thiophene rings is 1. The van der Waals surface area contributed by atoms with E-state index in [4.69, 9.17) is 11.6 Å². The third-order valence-electron chi connectivity index (χ3n) is 2.56. The Kier molecular flexibility index (Phi) is 4.58. The highest BCUT2D eigenvalue weighted by molar-refractivity contribution is 7.16. The SMILES string of the molecule is Cc1ccc(O)c(CNCCc2ccc(Cl)s2)n1. The van der Waals surface area contributed by atoms with Crippen molar-refractivity contribution in [1.29, 1.82) is 0 Å². The molecular weight excluding hydrogens is 268 g/mol. The molecule has 2 N–H and O–H groups in total. The molecule has 2 heterocycles. The lowest BCUT2D eigenvalue weighted by Crippen LogP contribution is -2.17. The maximum atomic E-state index is 9.64. The van der Waals surface area contributed by atoms with Crippen molar-refractivity contribution in [3.05, 3.63) is 44.9 Å². The molecule has 0 aliphatic carbocycles. The molecule has 0 saturated carbocycles. The molecule has 0 saturated heterocycles. The second-order valence-electron chi connectivity index (χ2n) is 4.05. The molecule has 2 rings (SSSR count). The zero-order valence-corrected chi connectivity index (χ0v) is 11.7. The molecule has 0 spiro atoms. The smallest absolute Gasteiger partial charge is 0.138 e. The van der Waals surface area contributed by atoms with Crippen molar-refractivity contribution in [3.63, 3.8) is 0 Å².